The Morgan fingerprint density at radius 1 is 1.23 bits per heavy atom. The topological polar surface area (TPSA) is 126 Å². The lowest BCUT2D eigenvalue weighted by Crippen LogP contribution is -2.44. The maximum absolute atomic E-state index is 13.2. The number of ether oxygens (including phenoxy) is 2. The summed E-state index contributed by atoms with van der Waals surface area (Å²) in [4.78, 5) is 28.1. The van der Waals surface area contributed by atoms with Gasteiger partial charge >= 0.3 is 5.97 Å². The first-order valence-corrected chi connectivity index (χ1v) is 10.7. The summed E-state index contributed by atoms with van der Waals surface area (Å²) in [5, 5.41) is 23.5. The fraction of sp³-hybridized carbons (Fsp3) is 0.762. The van der Waals surface area contributed by atoms with Crippen molar-refractivity contribution in [1.82, 2.24) is 10.1 Å². The third-order valence-electron chi connectivity index (χ3n) is 6.32. The lowest BCUT2D eigenvalue weighted by Gasteiger charge is -2.34. The van der Waals surface area contributed by atoms with E-state index in [1.54, 1.807) is 20.3 Å². The molecule has 0 radical (unpaired) electrons. The van der Waals surface area contributed by atoms with Crippen LogP contribution in [0.15, 0.2) is 10.6 Å². The Morgan fingerprint density at radius 3 is 2.42 bits per heavy atom. The number of carbonyl (C=O) groups is 2. The first kappa shape index (κ1) is 23.5. The second-order valence-electron chi connectivity index (χ2n) is 8.71. The molecule has 0 saturated carbocycles. The van der Waals surface area contributed by atoms with Gasteiger partial charge in [0.05, 0.1) is 6.10 Å². The highest BCUT2D eigenvalue weighted by atomic mass is 16.7. The van der Waals surface area contributed by atoms with Gasteiger partial charge in [0.2, 0.25) is 5.91 Å². The first-order valence-electron chi connectivity index (χ1n) is 10.7. The molecule has 1 aromatic heterocycles. The van der Waals surface area contributed by atoms with E-state index in [1.165, 1.54) is 4.90 Å². The molecule has 0 aliphatic carbocycles. The van der Waals surface area contributed by atoms with Crippen LogP contribution in [0.4, 0.5) is 5.82 Å². The zero-order chi connectivity index (χ0) is 22.7. The van der Waals surface area contributed by atoms with Crippen molar-refractivity contribution in [2.75, 3.05) is 38.8 Å². The van der Waals surface area contributed by atoms with E-state index >= 15 is 0 Å². The predicted molar refractivity (Wildman–Crippen MR) is 111 cm³/mol. The van der Waals surface area contributed by atoms with Crippen LogP contribution < -0.4 is 4.90 Å². The number of hydrogen-bond donors (Lipinski definition) is 2. The predicted octanol–water partition coefficient (Wildman–Crippen LogP) is 1.30. The number of aliphatic hydroxyl groups excluding tert-OH is 1. The summed E-state index contributed by atoms with van der Waals surface area (Å²) in [7, 11) is 3.28. The molecule has 1 amide bonds. The van der Waals surface area contributed by atoms with Crippen molar-refractivity contribution in [3.05, 3.63) is 11.8 Å². The first-order chi connectivity index (χ1) is 14.8. The van der Waals surface area contributed by atoms with Crippen LogP contribution in [0.5, 0.6) is 0 Å². The molecule has 3 heterocycles. The summed E-state index contributed by atoms with van der Waals surface area (Å²) < 4.78 is 16.3. The van der Waals surface area contributed by atoms with Gasteiger partial charge in [0.1, 0.15) is 12.0 Å². The van der Waals surface area contributed by atoms with Gasteiger partial charge in [-0.3, -0.25) is 4.79 Å². The van der Waals surface area contributed by atoms with Crippen LogP contribution >= 0.6 is 0 Å². The number of nitrogens with zero attached hydrogens (tertiary/aromatic N) is 3. The average molecular weight is 440 g/mol. The van der Waals surface area contributed by atoms with Crippen molar-refractivity contribution in [3.8, 4) is 0 Å². The second-order valence-corrected chi connectivity index (χ2v) is 8.71. The van der Waals surface area contributed by atoms with E-state index in [9.17, 15) is 19.8 Å². The molecule has 3 rings (SSSR count). The summed E-state index contributed by atoms with van der Waals surface area (Å²) in [6.07, 6.45) is 0.732. The minimum absolute atomic E-state index is 0.00763. The third kappa shape index (κ3) is 5.02. The Bertz CT molecular complexity index is 756. The molecule has 0 spiro atoms. The molecular formula is C21H33N3O7. The zero-order valence-electron chi connectivity index (χ0n) is 18.6. The molecule has 2 aliphatic rings. The molecule has 10 nitrogen and oxygen atoms in total. The maximum Gasteiger partial charge on any atom is 0.326 e. The van der Waals surface area contributed by atoms with E-state index in [0.29, 0.717) is 17.5 Å². The number of aromatic nitrogens is 1. The Kier molecular flexibility index (Phi) is 7.55. The molecule has 0 bridgehead atoms. The van der Waals surface area contributed by atoms with Crippen molar-refractivity contribution < 1.29 is 33.8 Å². The van der Waals surface area contributed by atoms with Crippen molar-refractivity contribution in [3.63, 3.8) is 0 Å². The SMILES string of the molecule is COC(OC)C1CCN(c2cc(C(C(=O)N3C[C@H](O)C[C@H]3C(=O)O)C(C)C)on2)CC1. The molecule has 2 fully saturated rings. The van der Waals surface area contributed by atoms with Crippen LogP contribution in [0.25, 0.3) is 0 Å². The third-order valence-corrected chi connectivity index (χ3v) is 6.32. The Morgan fingerprint density at radius 2 is 1.87 bits per heavy atom. The van der Waals surface area contributed by atoms with E-state index < -0.39 is 24.0 Å². The molecule has 10 heteroatoms. The van der Waals surface area contributed by atoms with E-state index in [4.69, 9.17) is 14.0 Å². The maximum atomic E-state index is 13.2. The quantitative estimate of drug-likeness (QED) is 0.576. The number of methoxy groups -OCH3 is 2. The van der Waals surface area contributed by atoms with Crippen molar-refractivity contribution in [2.45, 2.75) is 57.5 Å². The molecule has 0 aromatic carbocycles. The number of likely N-dealkylation sites (tertiary alicyclic amines) is 1. The van der Waals surface area contributed by atoms with Gasteiger partial charge in [-0.15, -0.1) is 0 Å². The minimum atomic E-state index is -1.11. The van der Waals surface area contributed by atoms with Crippen LogP contribution in [0.2, 0.25) is 0 Å². The van der Waals surface area contributed by atoms with Gasteiger partial charge in [-0.05, 0) is 18.8 Å². The summed E-state index contributed by atoms with van der Waals surface area (Å²) in [6.45, 7) is 5.30. The molecule has 174 valence electrons. The van der Waals surface area contributed by atoms with Crippen molar-refractivity contribution in [2.24, 2.45) is 11.8 Å². The Balaban J connectivity index is 1.72. The van der Waals surface area contributed by atoms with E-state index in [0.717, 1.165) is 25.9 Å². The van der Waals surface area contributed by atoms with Gasteiger partial charge in [0, 0.05) is 52.3 Å². The number of carboxylic acids is 1. The standard InChI is InChI=1S/C21H33N3O7/c1-12(2)18(19(26)24-11-14(25)9-15(24)20(27)28)16-10-17(22-31-16)23-7-5-13(6-8-23)21(29-3)30-4/h10,12-15,18,21,25H,5-9,11H2,1-4H3,(H,27,28)/t14-,15+,18?/m1/s1. The van der Waals surface area contributed by atoms with Gasteiger partial charge in [0.15, 0.2) is 17.9 Å². The number of carbonyl (C=O) groups excluding carboxylic acids is 1. The number of piperidine rings is 1. The summed E-state index contributed by atoms with van der Waals surface area (Å²) in [5.41, 5.74) is 0. The van der Waals surface area contributed by atoms with Crippen molar-refractivity contribution in [1.29, 1.82) is 0 Å². The number of β-amino-alcohol motifs (C(OH)–C–C–N with tert-alkyl or cyclic N) is 1. The number of rotatable bonds is 8. The van der Waals surface area contributed by atoms with Crippen LogP contribution in [0.3, 0.4) is 0 Å². The summed E-state index contributed by atoms with van der Waals surface area (Å²) >= 11 is 0. The summed E-state index contributed by atoms with van der Waals surface area (Å²) in [6, 6.07) is 0.745. The fourth-order valence-corrected chi connectivity index (χ4v) is 4.66. The van der Waals surface area contributed by atoms with Gasteiger partial charge in [-0.25, -0.2) is 4.79 Å². The van der Waals surface area contributed by atoms with Gasteiger partial charge < -0.3 is 34.0 Å². The molecule has 3 atom stereocenters. The second kappa shape index (κ2) is 9.97. The lowest BCUT2D eigenvalue weighted by atomic mass is 9.91. The van der Waals surface area contributed by atoms with Gasteiger partial charge in [-0.1, -0.05) is 19.0 Å². The Labute approximate surface area is 182 Å². The number of aliphatic hydroxyl groups is 1. The van der Waals surface area contributed by atoms with Crippen LogP contribution in [-0.2, 0) is 19.1 Å². The van der Waals surface area contributed by atoms with Crippen LogP contribution in [0, 0.1) is 11.8 Å². The number of amides is 1. The minimum Gasteiger partial charge on any atom is -0.480 e. The fourth-order valence-electron chi connectivity index (χ4n) is 4.66. The Hall–Kier alpha value is -2.17. The number of aliphatic carboxylic acids is 1. The largest absolute Gasteiger partial charge is 0.480 e. The lowest BCUT2D eigenvalue weighted by molar-refractivity contribution is -0.149. The molecule has 1 unspecified atom stereocenters. The molecule has 1 aromatic rings. The van der Waals surface area contributed by atoms with E-state index in [2.05, 4.69) is 10.1 Å². The van der Waals surface area contributed by atoms with Gasteiger partial charge in [-0.2, -0.15) is 0 Å². The van der Waals surface area contributed by atoms with Crippen LogP contribution in [-0.4, -0.2) is 84.4 Å². The van der Waals surface area contributed by atoms with E-state index in [-0.39, 0.29) is 31.1 Å². The monoisotopic (exact) mass is 439 g/mol. The van der Waals surface area contributed by atoms with Crippen molar-refractivity contribution >= 4 is 17.7 Å². The van der Waals surface area contributed by atoms with Crippen LogP contribution in [0.1, 0.15) is 44.8 Å². The molecule has 2 N–H and O–H groups in total. The molecule has 2 aliphatic heterocycles. The highest BCUT2D eigenvalue weighted by Crippen LogP contribution is 2.33. The summed E-state index contributed by atoms with van der Waals surface area (Å²) in [5.74, 6) is -0.893. The zero-order valence-corrected chi connectivity index (χ0v) is 18.6. The molecule has 2 saturated heterocycles. The smallest absolute Gasteiger partial charge is 0.326 e. The molecular weight excluding hydrogens is 406 g/mol. The normalized spacial score (nSPS) is 23.7. The average Bonchev–Trinajstić information content (AvgIpc) is 3.36. The highest BCUT2D eigenvalue weighted by molar-refractivity contribution is 5.88. The number of anilines is 1. The number of carboxylic acid groups (broad SMARTS) is 1. The number of hydrogen-bond acceptors (Lipinski definition) is 8. The highest BCUT2D eigenvalue weighted by Gasteiger charge is 2.43. The molecule has 31 heavy (non-hydrogen) atoms. The van der Waals surface area contributed by atoms with E-state index in [1.807, 2.05) is 13.8 Å². The van der Waals surface area contributed by atoms with Gasteiger partial charge in [0.25, 0.3) is 0 Å².